The fourth-order valence-corrected chi connectivity index (χ4v) is 2.35. The van der Waals surface area contributed by atoms with Gasteiger partial charge in [0.25, 0.3) is 5.95 Å². The summed E-state index contributed by atoms with van der Waals surface area (Å²) in [6.45, 7) is 4.18. The average Bonchev–Trinajstić information content (AvgIpc) is 3.09. The monoisotopic (exact) mass is 376 g/mol. The second kappa shape index (κ2) is 10.4. The van der Waals surface area contributed by atoms with Gasteiger partial charge in [0.2, 0.25) is 5.95 Å². The van der Waals surface area contributed by atoms with Gasteiger partial charge in [-0.05, 0) is 45.1 Å². The number of nitrogens with zero attached hydrogens (tertiary/aromatic N) is 4. The first-order chi connectivity index (χ1) is 13.0. The van der Waals surface area contributed by atoms with E-state index >= 15 is 0 Å². The van der Waals surface area contributed by atoms with Crippen molar-refractivity contribution in [3.05, 3.63) is 29.8 Å². The van der Waals surface area contributed by atoms with Crippen LogP contribution >= 0.6 is 0 Å². The van der Waals surface area contributed by atoms with Crippen molar-refractivity contribution in [1.29, 1.82) is 0 Å². The Labute approximate surface area is 159 Å². The molecule has 1 aromatic carbocycles. The Hall–Kier alpha value is -2.81. The summed E-state index contributed by atoms with van der Waals surface area (Å²) in [7, 11) is 5.64. The number of benzene rings is 1. The molecular weight excluding hydrogens is 348 g/mol. The number of carbonyl (C=O) groups excluding carboxylic acids is 1. The van der Waals surface area contributed by atoms with E-state index in [4.69, 9.17) is 9.47 Å². The number of aromatic nitrogens is 3. The summed E-state index contributed by atoms with van der Waals surface area (Å²) in [5.74, 6) is 1.62. The normalized spacial score (nSPS) is 10.7. The number of amides is 1. The van der Waals surface area contributed by atoms with Crippen molar-refractivity contribution in [2.75, 3.05) is 51.1 Å². The smallest absolute Gasteiger partial charge is 0.416 e. The third-order valence-corrected chi connectivity index (χ3v) is 3.59. The summed E-state index contributed by atoms with van der Waals surface area (Å²) in [6, 6.07) is 8.10. The van der Waals surface area contributed by atoms with E-state index in [9.17, 15) is 4.79 Å². The third-order valence-electron chi connectivity index (χ3n) is 3.59. The Morgan fingerprint density at radius 3 is 2.85 bits per heavy atom. The number of anilines is 2. The fraction of sp³-hybridized carbons (Fsp3) is 0.500. The number of carbonyl (C=O) groups is 1. The van der Waals surface area contributed by atoms with Crippen LogP contribution in [0.15, 0.2) is 24.3 Å². The van der Waals surface area contributed by atoms with Crippen LogP contribution < -0.4 is 15.0 Å². The Balaban J connectivity index is 1.71. The molecule has 0 aliphatic heterocycles. The molecule has 0 bridgehead atoms. The van der Waals surface area contributed by atoms with Gasteiger partial charge in [0.15, 0.2) is 0 Å². The van der Waals surface area contributed by atoms with E-state index in [1.54, 1.807) is 14.0 Å². The predicted molar refractivity (Wildman–Crippen MR) is 104 cm³/mol. The zero-order valence-electron chi connectivity index (χ0n) is 16.4. The van der Waals surface area contributed by atoms with Gasteiger partial charge in [-0.25, -0.2) is 14.8 Å². The maximum Gasteiger partial charge on any atom is 0.416 e. The number of hydrogen-bond donors (Lipinski definition) is 2. The zero-order chi connectivity index (χ0) is 19.6. The largest absolute Gasteiger partial charge is 0.494 e. The first-order valence-corrected chi connectivity index (χ1v) is 8.92. The van der Waals surface area contributed by atoms with Crippen LogP contribution in [0.2, 0.25) is 0 Å². The van der Waals surface area contributed by atoms with Gasteiger partial charge < -0.3 is 19.7 Å². The van der Waals surface area contributed by atoms with Gasteiger partial charge in [0.1, 0.15) is 5.75 Å². The molecule has 1 heterocycles. The van der Waals surface area contributed by atoms with E-state index in [0.717, 1.165) is 18.7 Å². The molecule has 0 saturated heterocycles. The van der Waals surface area contributed by atoms with Crippen molar-refractivity contribution in [3.63, 3.8) is 0 Å². The SMILES string of the molecule is CCOC(=O)N(C)c1n[nH]c(NCCCOc2cccc(CN(C)C)c2)n1. The molecule has 9 nitrogen and oxygen atoms in total. The quantitative estimate of drug-likeness (QED) is 0.615. The Kier molecular flexibility index (Phi) is 7.87. The van der Waals surface area contributed by atoms with Crippen LogP contribution in [0.1, 0.15) is 18.9 Å². The van der Waals surface area contributed by atoms with Crippen LogP contribution in [-0.2, 0) is 11.3 Å². The molecule has 0 unspecified atom stereocenters. The molecular formula is C18H28N6O3. The van der Waals surface area contributed by atoms with Gasteiger partial charge >= 0.3 is 6.09 Å². The van der Waals surface area contributed by atoms with Crippen molar-refractivity contribution < 1.29 is 14.3 Å². The number of ether oxygens (including phenoxy) is 2. The third kappa shape index (κ3) is 6.78. The van der Waals surface area contributed by atoms with Crippen LogP contribution in [-0.4, -0.2) is 67.1 Å². The number of rotatable bonds is 10. The Morgan fingerprint density at radius 1 is 1.30 bits per heavy atom. The van der Waals surface area contributed by atoms with Crippen LogP contribution in [0.3, 0.4) is 0 Å². The van der Waals surface area contributed by atoms with Crippen molar-refractivity contribution >= 4 is 18.0 Å². The summed E-state index contributed by atoms with van der Waals surface area (Å²) in [5.41, 5.74) is 1.22. The van der Waals surface area contributed by atoms with Crippen LogP contribution in [0, 0.1) is 0 Å². The zero-order valence-corrected chi connectivity index (χ0v) is 16.4. The minimum atomic E-state index is -0.493. The molecule has 0 atom stereocenters. The number of H-pyrrole nitrogens is 1. The molecule has 2 N–H and O–H groups in total. The van der Waals surface area contributed by atoms with Gasteiger partial charge in [-0.1, -0.05) is 12.1 Å². The van der Waals surface area contributed by atoms with E-state index in [2.05, 4.69) is 37.5 Å². The summed E-state index contributed by atoms with van der Waals surface area (Å²) in [4.78, 5) is 19.2. The van der Waals surface area contributed by atoms with E-state index in [-0.39, 0.29) is 5.95 Å². The first kappa shape index (κ1) is 20.5. The summed E-state index contributed by atoms with van der Waals surface area (Å²) < 4.78 is 10.7. The molecule has 0 fully saturated rings. The topological polar surface area (TPSA) is 95.6 Å². The van der Waals surface area contributed by atoms with Gasteiger partial charge in [0, 0.05) is 20.1 Å². The Bertz CT molecular complexity index is 719. The highest BCUT2D eigenvalue weighted by molar-refractivity contribution is 5.84. The summed E-state index contributed by atoms with van der Waals surface area (Å²) in [6.07, 6.45) is 0.301. The number of aromatic amines is 1. The van der Waals surface area contributed by atoms with Crippen molar-refractivity contribution in [2.24, 2.45) is 0 Å². The van der Waals surface area contributed by atoms with Gasteiger partial charge in [0.05, 0.1) is 13.2 Å². The minimum absolute atomic E-state index is 0.255. The van der Waals surface area contributed by atoms with Crippen molar-refractivity contribution in [1.82, 2.24) is 20.1 Å². The first-order valence-electron chi connectivity index (χ1n) is 8.92. The highest BCUT2D eigenvalue weighted by Crippen LogP contribution is 2.14. The lowest BCUT2D eigenvalue weighted by atomic mass is 10.2. The molecule has 2 rings (SSSR count). The Morgan fingerprint density at radius 2 is 2.11 bits per heavy atom. The molecule has 0 aliphatic rings. The number of nitrogens with one attached hydrogen (secondary N) is 2. The van der Waals surface area contributed by atoms with Gasteiger partial charge in [-0.15, -0.1) is 5.10 Å². The standard InChI is InChI=1S/C18H28N6O3/c1-5-26-18(25)24(4)17-20-16(21-22-17)19-10-7-11-27-15-9-6-8-14(12-15)13-23(2)3/h6,8-9,12H,5,7,10-11,13H2,1-4H3,(H2,19,20,21,22). The highest BCUT2D eigenvalue weighted by Gasteiger charge is 2.16. The van der Waals surface area contributed by atoms with E-state index in [1.165, 1.54) is 10.5 Å². The van der Waals surface area contributed by atoms with E-state index < -0.39 is 6.09 Å². The molecule has 9 heteroatoms. The molecule has 1 aromatic heterocycles. The van der Waals surface area contributed by atoms with Crippen LogP contribution in [0.25, 0.3) is 0 Å². The molecule has 148 valence electrons. The second-order valence-corrected chi connectivity index (χ2v) is 6.26. The van der Waals surface area contributed by atoms with Crippen molar-refractivity contribution in [3.8, 4) is 5.75 Å². The molecule has 2 aromatic rings. The predicted octanol–water partition coefficient (Wildman–Crippen LogP) is 2.34. The molecule has 27 heavy (non-hydrogen) atoms. The van der Waals surface area contributed by atoms with Crippen LogP contribution in [0.4, 0.5) is 16.7 Å². The molecule has 1 amide bonds. The fourth-order valence-electron chi connectivity index (χ4n) is 2.35. The maximum atomic E-state index is 11.6. The lowest BCUT2D eigenvalue weighted by molar-refractivity contribution is 0.161. The van der Waals surface area contributed by atoms with E-state index in [1.807, 2.05) is 26.2 Å². The average molecular weight is 376 g/mol. The lowest BCUT2D eigenvalue weighted by Crippen LogP contribution is -2.28. The van der Waals surface area contributed by atoms with Crippen LogP contribution in [0.5, 0.6) is 5.75 Å². The summed E-state index contributed by atoms with van der Waals surface area (Å²) in [5, 5.41) is 9.86. The lowest BCUT2D eigenvalue weighted by Gasteiger charge is -2.12. The van der Waals surface area contributed by atoms with Crippen molar-refractivity contribution in [2.45, 2.75) is 19.9 Å². The molecule has 0 aliphatic carbocycles. The second-order valence-electron chi connectivity index (χ2n) is 6.26. The molecule has 0 saturated carbocycles. The number of hydrogen-bond acceptors (Lipinski definition) is 7. The summed E-state index contributed by atoms with van der Waals surface area (Å²) >= 11 is 0. The minimum Gasteiger partial charge on any atom is -0.494 e. The van der Waals surface area contributed by atoms with Gasteiger partial charge in [-0.2, -0.15) is 4.98 Å². The van der Waals surface area contributed by atoms with E-state index in [0.29, 0.717) is 25.7 Å². The molecule has 0 spiro atoms. The maximum absolute atomic E-state index is 11.6. The highest BCUT2D eigenvalue weighted by atomic mass is 16.6. The van der Waals surface area contributed by atoms with Gasteiger partial charge in [-0.3, -0.25) is 0 Å². The molecule has 0 radical (unpaired) electrons.